The van der Waals surface area contributed by atoms with Gasteiger partial charge in [0.05, 0.1) is 18.5 Å². The lowest BCUT2D eigenvalue weighted by atomic mass is 9.90. The lowest BCUT2D eigenvalue weighted by Crippen LogP contribution is -2.16. The lowest BCUT2D eigenvalue weighted by molar-refractivity contribution is 0.166. The fourth-order valence-electron chi connectivity index (χ4n) is 3.42. The van der Waals surface area contributed by atoms with Gasteiger partial charge in [0.25, 0.3) is 0 Å². The zero-order valence-electron chi connectivity index (χ0n) is 15.1. The number of amides is 1. The summed E-state index contributed by atoms with van der Waals surface area (Å²) in [7, 11) is 1.65. The Morgan fingerprint density at radius 1 is 1.04 bits per heavy atom. The van der Waals surface area contributed by atoms with Crippen LogP contribution in [0.5, 0.6) is 5.75 Å². The number of carbonyl (C=O) groups excluding carboxylic acids is 1. The monoisotopic (exact) mass is 360 g/mol. The van der Waals surface area contributed by atoms with Crippen molar-refractivity contribution in [2.75, 3.05) is 12.4 Å². The Balaban J connectivity index is 1.51. The van der Waals surface area contributed by atoms with E-state index < -0.39 is 6.09 Å². The topological polar surface area (TPSA) is 59.9 Å². The van der Waals surface area contributed by atoms with Gasteiger partial charge in [0.15, 0.2) is 0 Å². The third-order valence-electron chi connectivity index (χ3n) is 4.75. The van der Waals surface area contributed by atoms with Crippen LogP contribution in [0.1, 0.15) is 24.0 Å². The number of benzene rings is 3. The minimum atomic E-state index is -0.598. The van der Waals surface area contributed by atoms with E-state index in [9.17, 15) is 4.79 Å². The van der Waals surface area contributed by atoms with Gasteiger partial charge in [-0.25, -0.2) is 4.79 Å². The number of ether oxygens (including phenoxy) is 1. The second-order valence-corrected chi connectivity index (χ2v) is 6.45. The van der Waals surface area contributed by atoms with E-state index in [1.807, 2.05) is 60.7 Å². The fraction of sp³-hybridized carbons (Fsp3) is 0.182. The standard InChI is InChI=1S/C22H20N2O3/c1-26-17-12-13-19-16(14-17)8-5-11-21(19)24-27-22(25)23-20-10-4-7-15-6-2-3-9-18(15)20/h2-4,6-7,9-10,12-14H,5,8,11H2,1H3,(H,23,25)/b24-21-. The molecule has 0 spiro atoms. The Kier molecular flexibility index (Phi) is 4.75. The van der Waals surface area contributed by atoms with Crippen molar-refractivity contribution < 1.29 is 14.4 Å². The van der Waals surface area contributed by atoms with Crippen molar-refractivity contribution in [3.05, 3.63) is 71.8 Å². The summed E-state index contributed by atoms with van der Waals surface area (Å²) in [4.78, 5) is 17.4. The van der Waals surface area contributed by atoms with Gasteiger partial charge in [-0.2, -0.15) is 0 Å². The van der Waals surface area contributed by atoms with Gasteiger partial charge in [0.2, 0.25) is 0 Å². The third kappa shape index (κ3) is 3.62. The van der Waals surface area contributed by atoms with Gasteiger partial charge in [0.1, 0.15) is 5.75 Å². The molecule has 5 heteroatoms. The molecule has 0 atom stereocenters. The van der Waals surface area contributed by atoms with Crippen LogP contribution in [0, 0.1) is 0 Å². The highest BCUT2D eigenvalue weighted by molar-refractivity contribution is 6.03. The van der Waals surface area contributed by atoms with Gasteiger partial charge in [-0.1, -0.05) is 41.6 Å². The Bertz CT molecular complexity index is 1020. The van der Waals surface area contributed by atoms with Gasteiger partial charge in [-0.15, -0.1) is 0 Å². The second kappa shape index (κ2) is 7.50. The molecule has 0 aliphatic heterocycles. The summed E-state index contributed by atoms with van der Waals surface area (Å²) >= 11 is 0. The van der Waals surface area contributed by atoms with Crippen molar-refractivity contribution in [2.24, 2.45) is 5.16 Å². The van der Waals surface area contributed by atoms with Crippen LogP contribution in [-0.4, -0.2) is 18.9 Å². The average Bonchev–Trinajstić information content (AvgIpc) is 2.72. The molecule has 3 aromatic rings. The van der Waals surface area contributed by atoms with Crippen LogP contribution >= 0.6 is 0 Å². The second-order valence-electron chi connectivity index (χ2n) is 6.45. The number of rotatable bonds is 3. The number of oxime groups is 1. The van der Waals surface area contributed by atoms with Gasteiger partial charge < -0.3 is 4.74 Å². The van der Waals surface area contributed by atoms with E-state index in [0.717, 1.165) is 52.6 Å². The molecule has 5 nitrogen and oxygen atoms in total. The van der Waals surface area contributed by atoms with E-state index in [2.05, 4.69) is 10.5 Å². The number of fused-ring (bicyclic) bond motifs is 2. The summed E-state index contributed by atoms with van der Waals surface area (Å²) in [6.45, 7) is 0. The molecule has 0 fully saturated rings. The quantitative estimate of drug-likeness (QED) is 0.520. The summed E-state index contributed by atoms with van der Waals surface area (Å²) in [5.41, 5.74) is 3.66. The molecule has 4 rings (SSSR count). The number of aryl methyl sites for hydroxylation is 1. The molecule has 1 N–H and O–H groups in total. The van der Waals surface area contributed by atoms with Crippen molar-refractivity contribution in [3.8, 4) is 5.75 Å². The van der Waals surface area contributed by atoms with E-state index in [4.69, 9.17) is 9.57 Å². The predicted octanol–water partition coefficient (Wildman–Crippen LogP) is 5.14. The number of methoxy groups -OCH3 is 1. The minimum Gasteiger partial charge on any atom is -0.497 e. The molecule has 136 valence electrons. The molecule has 3 aromatic carbocycles. The number of hydrogen-bond donors (Lipinski definition) is 1. The first kappa shape index (κ1) is 17.1. The molecule has 1 amide bonds. The number of carbonyl (C=O) groups is 1. The van der Waals surface area contributed by atoms with Crippen LogP contribution in [0.15, 0.2) is 65.8 Å². The largest absolute Gasteiger partial charge is 0.497 e. The van der Waals surface area contributed by atoms with E-state index in [0.29, 0.717) is 5.69 Å². The van der Waals surface area contributed by atoms with Gasteiger partial charge in [-0.05, 0) is 54.5 Å². The first-order chi connectivity index (χ1) is 13.2. The average molecular weight is 360 g/mol. The van der Waals surface area contributed by atoms with Crippen LogP contribution in [0.25, 0.3) is 10.8 Å². The smallest absolute Gasteiger partial charge is 0.437 e. The van der Waals surface area contributed by atoms with Crippen LogP contribution in [-0.2, 0) is 11.3 Å². The Morgan fingerprint density at radius 3 is 2.78 bits per heavy atom. The van der Waals surface area contributed by atoms with Crippen molar-refractivity contribution in [2.45, 2.75) is 19.3 Å². The number of nitrogens with one attached hydrogen (secondary N) is 1. The maximum Gasteiger partial charge on any atom is 0.437 e. The summed E-state index contributed by atoms with van der Waals surface area (Å²) in [6, 6.07) is 19.5. The van der Waals surface area contributed by atoms with E-state index in [1.165, 1.54) is 0 Å². The van der Waals surface area contributed by atoms with Gasteiger partial charge in [-0.3, -0.25) is 10.2 Å². The molecule has 0 aromatic heterocycles. The first-order valence-electron chi connectivity index (χ1n) is 8.94. The normalized spacial score (nSPS) is 14.6. The fourth-order valence-corrected chi connectivity index (χ4v) is 3.42. The molecule has 0 unspecified atom stereocenters. The zero-order valence-corrected chi connectivity index (χ0v) is 15.1. The molecular formula is C22H20N2O3. The highest BCUT2D eigenvalue weighted by atomic mass is 16.7. The summed E-state index contributed by atoms with van der Waals surface area (Å²) in [5.74, 6) is 0.824. The number of anilines is 1. The summed E-state index contributed by atoms with van der Waals surface area (Å²) in [6.07, 6.45) is 2.11. The molecular weight excluding hydrogens is 340 g/mol. The number of nitrogens with zero attached hydrogens (tertiary/aromatic N) is 1. The highest BCUT2D eigenvalue weighted by Gasteiger charge is 2.17. The van der Waals surface area contributed by atoms with Crippen LogP contribution in [0.2, 0.25) is 0 Å². The maximum atomic E-state index is 12.3. The Hall–Kier alpha value is -3.34. The van der Waals surface area contributed by atoms with Crippen LogP contribution in [0.4, 0.5) is 10.5 Å². The molecule has 0 saturated heterocycles. The van der Waals surface area contributed by atoms with Crippen LogP contribution < -0.4 is 10.1 Å². The molecule has 1 aliphatic rings. The van der Waals surface area contributed by atoms with E-state index in [-0.39, 0.29) is 0 Å². The Labute approximate surface area is 157 Å². The first-order valence-corrected chi connectivity index (χ1v) is 8.94. The molecule has 0 heterocycles. The highest BCUT2D eigenvalue weighted by Crippen LogP contribution is 2.26. The summed E-state index contributed by atoms with van der Waals surface area (Å²) in [5, 5.41) is 8.91. The molecule has 0 saturated carbocycles. The molecule has 27 heavy (non-hydrogen) atoms. The molecule has 0 radical (unpaired) electrons. The SMILES string of the molecule is COc1ccc2c(c1)CCC/C2=N/OC(=O)Nc1cccc2ccccc12. The third-order valence-corrected chi connectivity index (χ3v) is 4.75. The van der Waals surface area contributed by atoms with Crippen molar-refractivity contribution in [3.63, 3.8) is 0 Å². The van der Waals surface area contributed by atoms with Crippen LogP contribution in [0.3, 0.4) is 0 Å². The summed E-state index contributed by atoms with van der Waals surface area (Å²) < 4.78 is 5.28. The maximum absolute atomic E-state index is 12.3. The lowest BCUT2D eigenvalue weighted by Gasteiger charge is -2.18. The van der Waals surface area contributed by atoms with E-state index in [1.54, 1.807) is 7.11 Å². The minimum absolute atomic E-state index is 0.598. The van der Waals surface area contributed by atoms with E-state index >= 15 is 0 Å². The predicted molar refractivity (Wildman–Crippen MR) is 107 cm³/mol. The molecule has 1 aliphatic carbocycles. The molecule has 0 bridgehead atoms. The Morgan fingerprint density at radius 2 is 1.89 bits per heavy atom. The van der Waals surface area contributed by atoms with Crippen molar-refractivity contribution in [1.82, 2.24) is 0 Å². The van der Waals surface area contributed by atoms with Gasteiger partial charge >= 0.3 is 6.09 Å². The van der Waals surface area contributed by atoms with Crippen molar-refractivity contribution >= 4 is 28.3 Å². The number of hydrogen-bond acceptors (Lipinski definition) is 4. The van der Waals surface area contributed by atoms with Crippen molar-refractivity contribution in [1.29, 1.82) is 0 Å². The zero-order chi connectivity index (χ0) is 18.6. The van der Waals surface area contributed by atoms with Gasteiger partial charge in [0, 0.05) is 10.9 Å².